The van der Waals surface area contributed by atoms with Crippen LogP contribution in [-0.4, -0.2) is 44.0 Å². The maximum Gasteiger partial charge on any atom is 0.184 e. The Balaban J connectivity index is 1.80. The van der Waals surface area contributed by atoms with Crippen LogP contribution in [0.3, 0.4) is 0 Å². The molecule has 2 aliphatic rings. The lowest BCUT2D eigenvalue weighted by Gasteiger charge is -2.42. The van der Waals surface area contributed by atoms with Gasteiger partial charge in [0.2, 0.25) is 0 Å². The molecule has 0 bridgehead atoms. The molecule has 5 atom stereocenters. The van der Waals surface area contributed by atoms with Crippen LogP contribution in [0, 0.1) is 0 Å². The molecule has 2 saturated heterocycles. The first-order chi connectivity index (χ1) is 10.7. The maximum absolute atomic E-state index is 12.5. The van der Waals surface area contributed by atoms with Gasteiger partial charge >= 0.3 is 0 Å². The van der Waals surface area contributed by atoms with Gasteiger partial charge in [0.1, 0.15) is 18.2 Å². The van der Waals surface area contributed by atoms with Crippen molar-refractivity contribution in [1.29, 1.82) is 0 Å². The van der Waals surface area contributed by atoms with E-state index in [-0.39, 0.29) is 12.4 Å². The van der Waals surface area contributed by atoms with Crippen molar-refractivity contribution in [3.8, 4) is 0 Å². The van der Waals surface area contributed by atoms with Gasteiger partial charge in [-0.25, -0.2) is 0 Å². The molecule has 8 nitrogen and oxygen atoms in total. The predicted octanol–water partition coefficient (Wildman–Crippen LogP) is 1.72. The number of rotatable bonds is 3. The van der Waals surface area contributed by atoms with Crippen molar-refractivity contribution in [3.05, 3.63) is 46.3 Å². The van der Waals surface area contributed by atoms with E-state index in [0.717, 1.165) is 5.56 Å². The van der Waals surface area contributed by atoms with E-state index in [1.807, 2.05) is 30.3 Å². The minimum Gasteiger partial charge on any atom is -0.355 e. The van der Waals surface area contributed by atoms with E-state index in [4.69, 9.17) is 24.5 Å². The van der Waals surface area contributed by atoms with Crippen LogP contribution < -0.4 is 0 Å². The average Bonchev–Trinajstić information content (AvgIpc) is 2.58. The van der Waals surface area contributed by atoms with E-state index in [9.17, 15) is 4.79 Å². The van der Waals surface area contributed by atoms with Crippen LogP contribution >= 0.6 is 0 Å². The number of ketones is 1. The van der Waals surface area contributed by atoms with E-state index in [2.05, 4.69) is 10.0 Å². The van der Waals surface area contributed by atoms with E-state index in [0.29, 0.717) is 0 Å². The van der Waals surface area contributed by atoms with Crippen LogP contribution in [0.15, 0.2) is 35.4 Å². The number of benzene rings is 1. The van der Waals surface area contributed by atoms with E-state index in [1.165, 1.54) is 7.11 Å². The lowest BCUT2D eigenvalue weighted by molar-refractivity contribution is -0.301. The van der Waals surface area contributed by atoms with Crippen molar-refractivity contribution in [1.82, 2.24) is 0 Å². The van der Waals surface area contributed by atoms with Crippen molar-refractivity contribution in [3.63, 3.8) is 0 Å². The van der Waals surface area contributed by atoms with Crippen LogP contribution in [0.2, 0.25) is 0 Å². The van der Waals surface area contributed by atoms with E-state index in [1.54, 1.807) is 0 Å². The summed E-state index contributed by atoms with van der Waals surface area (Å²) in [5.41, 5.74) is 9.41. The number of methoxy groups -OCH3 is 1. The van der Waals surface area contributed by atoms with Crippen molar-refractivity contribution >= 4 is 5.78 Å². The van der Waals surface area contributed by atoms with Gasteiger partial charge in [0, 0.05) is 17.6 Å². The molecule has 2 heterocycles. The van der Waals surface area contributed by atoms with E-state index < -0.39 is 30.8 Å². The molecule has 22 heavy (non-hydrogen) atoms. The Morgan fingerprint density at radius 1 is 1.32 bits per heavy atom. The third-order valence-corrected chi connectivity index (χ3v) is 3.64. The number of hydrogen-bond acceptors (Lipinski definition) is 6. The Morgan fingerprint density at radius 3 is 2.77 bits per heavy atom. The molecule has 2 fully saturated rings. The fraction of sp³-hybridized carbons (Fsp3) is 0.500. The van der Waals surface area contributed by atoms with Gasteiger partial charge < -0.3 is 18.9 Å². The molecule has 1 aromatic rings. The third-order valence-electron chi connectivity index (χ3n) is 3.64. The average molecular weight is 305 g/mol. The number of hydrogen-bond donors (Lipinski definition) is 0. The lowest BCUT2D eigenvalue weighted by Crippen LogP contribution is -2.59. The zero-order valence-electron chi connectivity index (χ0n) is 11.9. The molecule has 8 heteroatoms. The largest absolute Gasteiger partial charge is 0.355 e. The summed E-state index contributed by atoms with van der Waals surface area (Å²) < 4.78 is 22.0. The van der Waals surface area contributed by atoms with Crippen molar-refractivity contribution in [2.75, 3.05) is 13.7 Å². The molecule has 5 unspecified atom stereocenters. The van der Waals surface area contributed by atoms with Crippen molar-refractivity contribution in [2.24, 2.45) is 5.11 Å². The highest BCUT2D eigenvalue weighted by atomic mass is 16.7. The zero-order valence-corrected chi connectivity index (χ0v) is 11.9. The first kappa shape index (κ1) is 15.0. The molecule has 0 radical (unpaired) electrons. The van der Waals surface area contributed by atoms with Gasteiger partial charge in [-0.15, -0.1) is 0 Å². The normalized spacial score (nSPS) is 34.6. The Labute approximate surface area is 126 Å². The molecule has 3 rings (SSSR count). The predicted molar refractivity (Wildman–Crippen MR) is 73.6 cm³/mol. The molecule has 2 aliphatic heterocycles. The molecule has 0 spiro atoms. The second-order valence-electron chi connectivity index (χ2n) is 4.96. The van der Waals surface area contributed by atoms with Gasteiger partial charge in [0.05, 0.1) is 6.61 Å². The third kappa shape index (κ3) is 2.70. The first-order valence-electron chi connectivity index (χ1n) is 6.83. The summed E-state index contributed by atoms with van der Waals surface area (Å²) in [6, 6.07) is 8.23. The molecular weight excluding hydrogens is 290 g/mol. The Bertz CT molecular complexity index is 589. The van der Waals surface area contributed by atoms with Crippen LogP contribution in [-0.2, 0) is 23.7 Å². The molecular formula is C14H15N3O5. The summed E-state index contributed by atoms with van der Waals surface area (Å²) in [6.07, 6.45) is -3.01. The van der Waals surface area contributed by atoms with Gasteiger partial charge in [0.15, 0.2) is 18.4 Å². The molecule has 0 aliphatic carbocycles. The maximum atomic E-state index is 12.5. The molecule has 0 N–H and O–H groups in total. The quantitative estimate of drug-likeness (QED) is 0.480. The highest BCUT2D eigenvalue weighted by Gasteiger charge is 2.49. The highest BCUT2D eigenvalue weighted by Crippen LogP contribution is 2.33. The van der Waals surface area contributed by atoms with Crippen LogP contribution in [0.5, 0.6) is 0 Å². The second kappa shape index (κ2) is 6.43. The first-order valence-corrected chi connectivity index (χ1v) is 6.83. The summed E-state index contributed by atoms with van der Waals surface area (Å²) in [5.74, 6) is -0.356. The SMILES string of the molecule is COC1OC2COC(c3ccccc3)OC2C(=O)C1N=[N+]=[N-]. The van der Waals surface area contributed by atoms with E-state index >= 15 is 0 Å². The standard InChI is InChI=1S/C14H15N3O5/c1-19-14-10(16-17-15)11(18)12-9(21-14)7-20-13(22-12)8-5-3-2-4-6-8/h2-6,9-10,12-14H,7H2,1H3. The number of fused-ring (bicyclic) bond motifs is 1. The summed E-state index contributed by atoms with van der Waals surface area (Å²) in [7, 11) is 1.38. The summed E-state index contributed by atoms with van der Waals surface area (Å²) in [4.78, 5) is 15.2. The van der Waals surface area contributed by atoms with Gasteiger partial charge in [-0.3, -0.25) is 4.79 Å². The molecule has 0 saturated carbocycles. The number of azide groups is 1. The topological polar surface area (TPSA) is 103 Å². The fourth-order valence-corrected chi connectivity index (χ4v) is 2.58. The summed E-state index contributed by atoms with van der Waals surface area (Å²) in [6.45, 7) is 0.193. The monoisotopic (exact) mass is 305 g/mol. The van der Waals surface area contributed by atoms with Gasteiger partial charge in [-0.05, 0) is 5.53 Å². The minimum atomic E-state index is -1.06. The second-order valence-corrected chi connectivity index (χ2v) is 4.96. The molecule has 0 aromatic heterocycles. The number of Topliss-reactive ketones (excluding diaryl/α,β-unsaturated/α-hetero) is 1. The number of carbonyl (C=O) groups excluding carboxylic acids is 1. The Morgan fingerprint density at radius 2 is 2.09 bits per heavy atom. The molecule has 0 amide bonds. The van der Waals surface area contributed by atoms with Crippen LogP contribution in [0.25, 0.3) is 10.4 Å². The zero-order chi connectivity index (χ0) is 15.5. The van der Waals surface area contributed by atoms with Crippen molar-refractivity contribution in [2.45, 2.75) is 30.8 Å². The van der Waals surface area contributed by atoms with Crippen LogP contribution in [0.4, 0.5) is 0 Å². The van der Waals surface area contributed by atoms with Crippen LogP contribution in [0.1, 0.15) is 11.9 Å². The highest BCUT2D eigenvalue weighted by molar-refractivity contribution is 5.90. The summed E-state index contributed by atoms with van der Waals surface area (Å²) in [5, 5.41) is 3.47. The summed E-state index contributed by atoms with van der Waals surface area (Å²) >= 11 is 0. The number of carbonyl (C=O) groups is 1. The number of nitrogens with zero attached hydrogens (tertiary/aromatic N) is 3. The van der Waals surface area contributed by atoms with Gasteiger partial charge in [0.25, 0.3) is 0 Å². The van der Waals surface area contributed by atoms with Gasteiger partial charge in [-0.2, -0.15) is 0 Å². The Kier molecular flexibility index (Phi) is 4.37. The lowest BCUT2D eigenvalue weighted by atomic mass is 9.98. The number of ether oxygens (including phenoxy) is 4. The van der Waals surface area contributed by atoms with Crippen molar-refractivity contribution < 1.29 is 23.7 Å². The smallest absolute Gasteiger partial charge is 0.184 e. The Hall–Kier alpha value is -1.96. The molecule has 116 valence electrons. The molecule has 1 aromatic carbocycles. The fourth-order valence-electron chi connectivity index (χ4n) is 2.58. The van der Waals surface area contributed by atoms with Gasteiger partial charge in [-0.1, -0.05) is 35.4 Å². The minimum absolute atomic E-state index is 0.193.